The fraction of sp³-hybridized carbons (Fsp3) is 0.538. The quantitative estimate of drug-likeness (QED) is 0.837. The van der Waals surface area contributed by atoms with Gasteiger partial charge in [0.2, 0.25) is 0 Å². The Kier molecular flexibility index (Phi) is 3.22. The summed E-state index contributed by atoms with van der Waals surface area (Å²) in [6, 6.07) is 4.80. The molecule has 0 aliphatic heterocycles. The van der Waals surface area contributed by atoms with Gasteiger partial charge in [-0.25, -0.2) is 4.39 Å². The lowest BCUT2D eigenvalue weighted by atomic mass is 9.87. The molecule has 2 rings (SSSR count). The Balaban J connectivity index is 2.30. The Bertz CT molecular complexity index is 394. The maximum absolute atomic E-state index is 13.8. The van der Waals surface area contributed by atoms with Gasteiger partial charge in [0.15, 0.2) is 0 Å². The fourth-order valence-electron chi connectivity index (χ4n) is 2.67. The highest BCUT2D eigenvalue weighted by Gasteiger charge is 2.38. The van der Waals surface area contributed by atoms with Gasteiger partial charge < -0.3 is 5.73 Å². The number of nitrogens with two attached hydrogens (primary N) is 1. The highest BCUT2D eigenvalue weighted by molar-refractivity contribution is 6.30. The molecule has 0 saturated heterocycles. The molecule has 0 bridgehead atoms. The van der Waals surface area contributed by atoms with Gasteiger partial charge in [0.1, 0.15) is 5.82 Å². The standard InChI is InChI=1S/C13H17ClFN/c1-2-9-5-6-13(16,8-9)11-4-3-10(14)7-12(11)15/h3-4,7,9H,2,5-6,8,16H2,1H3. The first-order valence-corrected chi connectivity index (χ1v) is 6.17. The topological polar surface area (TPSA) is 26.0 Å². The number of halogens is 2. The van der Waals surface area contributed by atoms with Crippen LogP contribution in [0, 0.1) is 11.7 Å². The van der Waals surface area contributed by atoms with E-state index < -0.39 is 5.54 Å². The molecule has 1 aromatic rings. The second kappa shape index (κ2) is 4.34. The molecule has 1 fully saturated rings. The number of hydrogen-bond acceptors (Lipinski definition) is 1. The lowest BCUT2D eigenvalue weighted by Crippen LogP contribution is -2.34. The zero-order chi connectivity index (χ0) is 11.8. The highest BCUT2D eigenvalue weighted by Crippen LogP contribution is 2.42. The van der Waals surface area contributed by atoms with Gasteiger partial charge in [-0.05, 0) is 37.3 Å². The maximum atomic E-state index is 13.8. The molecule has 1 aliphatic rings. The van der Waals surface area contributed by atoms with E-state index in [0.29, 0.717) is 16.5 Å². The van der Waals surface area contributed by atoms with Crippen LogP contribution in [0.3, 0.4) is 0 Å². The predicted octanol–water partition coefficient (Wildman–Crippen LogP) is 3.84. The van der Waals surface area contributed by atoms with Crippen molar-refractivity contribution in [2.75, 3.05) is 0 Å². The summed E-state index contributed by atoms with van der Waals surface area (Å²) in [5.74, 6) is 0.354. The Labute approximate surface area is 101 Å². The molecule has 0 spiro atoms. The molecule has 1 nitrogen and oxygen atoms in total. The summed E-state index contributed by atoms with van der Waals surface area (Å²) in [6.07, 6.45) is 3.95. The fourth-order valence-corrected chi connectivity index (χ4v) is 2.83. The summed E-state index contributed by atoms with van der Waals surface area (Å²) in [5, 5.41) is 0.426. The minimum atomic E-state index is -0.491. The van der Waals surface area contributed by atoms with E-state index in [1.807, 2.05) is 0 Å². The van der Waals surface area contributed by atoms with Crippen molar-refractivity contribution in [3.63, 3.8) is 0 Å². The third kappa shape index (κ3) is 2.09. The van der Waals surface area contributed by atoms with Crippen LogP contribution in [0.25, 0.3) is 0 Å². The van der Waals surface area contributed by atoms with Crippen LogP contribution in [0.5, 0.6) is 0 Å². The van der Waals surface area contributed by atoms with Crippen molar-refractivity contribution >= 4 is 11.6 Å². The molecule has 1 aliphatic carbocycles. The second-order valence-electron chi connectivity index (χ2n) is 4.80. The van der Waals surface area contributed by atoms with Crippen molar-refractivity contribution < 1.29 is 4.39 Å². The minimum absolute atomic E-state index is 0.272. The van der Waals surface area contributed by atoms with Crippen LogP contribution in [0.15, 0.2) is 18.2 Å². The number of benzene rings is 1. The van der Waals surface area contributed by atoms with Crippen LogP contribution >= 0.6 is 11.6 Å². The van der Waals surface area contributed by atoms with Crippen molar-refractivity contribution in [2.45, 2.75) is 38.1 Å². The molecule has 1 saturated carbocycles. The molecule has 2 N–H and O–H groups in total. The Morgan fingerprint density at radius 2 is 2.31 bits per heavy atom. The van der Waals surface area contributed by atoms with Gasteiger partial charge in [0.05, 0.1) is 0 Å². The van der Waals surface area contributed by atoms with Gasteiger partial charge in [0.25, 0.3) is 0 Å². The predicted molar refractivity (Wildman–Crippen MR) is 64.9 cm³/mol. The zero-order valence-electron chi connectivity index (χ0n) is 9.47. The summed E-state index contributed by atoms with van der Waals surface area (Å²) in [4.78, 5) is 0. The average molecular weight is 242 g/mol. The van der Waals surface area contributed by atoms with Crippen molar-refractivity contribution in [1.82, 2.24) is 0 Å². The summed E-state index contributed by atoms with van der Waals surface area (Å²) in [5.41, 5.74) is 6.44. The highest BCUT2D eigenvalue weighted by atomic mass is 35.5. The Morgan fingerprint density at radius 1 is 1.56 bits per heavy atom. The molecule has 0 heterocycles. The van der Waals surface area contributed by atoms with E-state index in [-0.39, 0.29) is 5.82 Å². The molecule has 2 atom stereocenters. The summed E-state index contributed by atoms with van der Waals surface area (Å²) >= 11 is 5.74. The van der Waals surface area contributed by atoms with Crippen molar-refractivity contribution in [1.29, 1.82) is 0 Å². The van der Waals surface area contributed by atoms with Crippen molar-refractivity contribution in [3.8, 4) is 0 Å². The second-order valence-corrected chi connectivity index (χ2v) is 5.23. The van der Waals surface area contributed by atoms with Crippen LogP contribution < -0.4 is 5.73 Å². The SMILES string of the molecule is CCC1CCC(N)(c2ccc(Cl)cc2F)C1. The first-order valence-electron chi connectivity index (χ1n) is 5.79. The maximum Gasteiger partial charge on any atom is 0.129 e. The van der Waals surface area contributed by atoms with Gasteiger partial charge in [0, 0.05) is 16.1 Å². The van der Waals surface area contributed by atoms with Crippen LogP contribution in [0.1, 0.15) is 38.2 Å². The summed E-state index contributed by atoms with van der Waals surface area (Å²) < 4.78 is 13.8. The molecule has 0 radical (unpaired) electrons. The summed E-state index contributed by atoms with van der Waals surface area (Å²) in [7, 11) is 0. The molecule has 2 unspecified atom stereocenters. The lowest BCUT2D eigenvalue weighted by molar-refractivity contribution is 0.405. The number of rotatable bonds is 2. The van der Waals surface area contributed by atoms with E-state index in [2.05, 4.69) is 6.92 Å². The van der Waals surface area contributed by atoms with E-state index in [9.17, 15) is 4.39 Å². The molecule has 0 aromatic heterocycles. The van der Waals surface area contributed by atoms with Crippen molar-refractivity contribution in [3.05, 3.63) is 34.6 Å². The first kappa shape index (κ1) is 11.9. The van der Waals surface area contributed by atoms with Gasteiger partial charge in [-0.2, -0.15) is 0 Å². The van der Waals surface area contributed by atoms with E-state index in [0.717, 1.165) is 25.7 Å². The van der Waals surface area contributed by atoms with E-state index in [1.54, 1.807) is 12.1 Å². The third-order valence-electron chi connectivity index (χ3n) is 3.70. The van der Waals surface area contributed by atoms with Gasteiger partial charge in [-0.1, -0.05) is 31.0 Å². The van der Waals surface area contributed by atoms with Crippen LogP contribution in [-0.2, 0) is 5.54 Å². The van der Waals surface area contributed by atoms with E-state index >= 15 is 0 Å². The minimum Gasteiger partial charge on any atom is -0.321 e. The van der Waals surface area contributed by atoms with Crippen molar-refractivity contribution in [2.24, 2.45) is 11.7 Å². The molecule has 16 heavy (non-hydrogen) atoms. The Hall–Kier alpha value is -0.600. The molecule has 1 aromatic carbocycles. The molecule has 3 heteroatoms. The van der Waals surface area contributed by atoms with Gasteiger partial charge in [-0.15, -0.1) is 0 Å². The van der Waals surface area contributed by atoms with Gasteiger partial charge in [-0.3, -0.25) is 0 Å². The molecule has 0 amide bonds. The Morgan fingerprint density at radius 3 is 2.88 bits per heavy atom. The van der Waals surface area contributed by atoms with E-state index in [4.69, 9.17) is 17.3 Å². The van der Waals surface area contributed by atoms with Gasteiger partial charge >= 0.3 is 0 Å². The average Bonchev–Trinajstić information content (AvgIpc) is 2.61. The largest absolute Gasteiger partial charge is 0.321 e. The van der Waals surface area contributed by atoms with E-state index in [1.165, 1.54) is 6.07 Å². The number of hydrogen-bond donors (Lipinski definition) is 1. The van der Waals surface area contributed by atoms with Crippen LogP contribution in [-0.4, -0.2) is 0 Å². The smallest absolute Gasteiger partial charge is 0.129 e. The molecular weight excluding hydrogens is 225 g/mol. The summed E-state index contributed by atoms with van der Waals surface area (Å²) in [6.45, 7) is 2.16. The first-order chi connectivity index (χ1) is 7.55. The monoisotopic (exact) mass is 241 g/mol. The third-order valence-corrected chi connectivity index (χ3v) is 3.93. The van der Waals surface area contributed by atoms with Crippen LogP contribution in [0.2, 0.25) is 5.02 Å². The molecular formula is C13H17ClFN. The zero-order valence-corrected chi connectivity index (χ0v) is 10.2. The molecule has 88 valence electrons. The lowest BCUT2D eigenvalue weighted by Gasteiger charge is -2.25. The normalized spacial score (nSPS) is 29.6. The van der Waals surface area contributed by atoms with Crippen LogP contribution in [0.4, 0.5) is 4.39 Å².